The Morgan fingerprint density at radius 3 is 2.56 bits per heavy atom. The highest BCUT2D eigenvalue weighted by atomic mass is 35.5. The topological polar surface area (TPSA) is 84.5 Å². The van der Waals surface area contributed by atoms with Gasteiger partial charge in [-0.1, -0.05) is 66.2 Å². The van der Waals surface area contributed by atoms with E-state index in [0.29, 0.717) is 24.4 Å². The van der Waals surface area contributed by atoms with Crippen LogP contribution >= 0.6 is 11.6 Å². The predicted octanol–water partition coefficient (Wildman–Crippen LogP) is 4.25. The summed E-state index contributed by atoms with van der Waals surface area (Å²) in [6.07, 6.45) is 4.56. The Bertz CT molecular complexity index is 944. The molecule has 3 rings (SSSR count). The minimum atomic E-state index is -0.661. The summed E-state index contributed by atoms with van der Waals surface area (Å²) in [6, 6.07) is 16.1. The van der Waals surface area contributed by atoms with E-state index >= 15 is 0 Å². The van der Waals surface area contributed by atoms with Crippen molar-refractivity contribution in [1.29, 1.82) is 0 Å². The van der Waals surface area contributed by atoms with Gasteiger partial charge in [0.2, 0.25) is 11.8 Å². The van der Waals surface area contributed by atoms with Crippen molar-refractivity contribution in [3.63, 3.8) is 0 Å². The third-order valence-corrected chi connectivity index (χ3v) is 5.37. The summed E-state index contributed by atoms with van der Waals surface area (Å²) in [5.74, 6) is -0.761. The number of amides is 2. The van der Waals surface area contributed by atoms with Crippen molar-refractivity contribution in [2.24, 2.45) is 0 Å². The molecule has 7 heteroatoms. The molecule has 0 spiro atoms. The second kappa shape index (κ2) is 12.1. The maximum absolute atomic E-state index is 12.7. The van der Waals surface area contributed by atoms with Crippen molar-refractivity contribution in [2.75, 3.05) is 0 Å². The highest BCUT2D eigenvalue weighted by Crippen LogP contribution is 2.23. The molecule has 6 nitrogen and oxygen atoms in total. The average molecular weight is 455 g/mol. The van der Waals surface area contributed by atoms with E-state index in [4.69, 9.17) is 16.3 Å². The van der Waals surface area contributed by atoms with Gasteiger partial charge in [0.05, 0.1) is 6.42 Å². The summed E-state index contributed by atoms with van der Waals surface area (Å²) >= 11 is 5.89. The predicted molar refractivity (Wildman–Crippen MR) is 123 cm³/mol. The highest BCUT2D eigenvalue weighted by molar-refractivity contribution is 6.30. The molecule has 32 heavy (non-hydrogen) atoms. The molecule has 0 aliphatic carbocycles. The first-order chi connectivity index (χ1) is 15.5. The summed E-state index contributed by atoms with van der Waals surface area (Å²) in [7, 11) is 0. The normalized spacial score (nSPS) is 20.8. The third kappa shape index (κ3) is 7.85. The van der Waals surface area contributed by atoms with Gasteiger partial charge >= 0.3 is 5.97 Å². The van der Waals surface area contributed by atoms with Crippen molar-refractivity contribution < 1.29 is 19.1 Å². The Morgan fingerprint density at radius 2 is 1.81 bits per heavy atom. The van der Waals surface area contributed by atoms with Crippen LogP contribution < -0.4 is 10.6 Å². The SMILES string of the molecule is O=C(C[C@@H]1C/C=C/CCC(=O)O[C@H](c2ccccc2)CC(=O)N1)NCc1ccc(Cl)cc1. The number of allylic oxidation sites excluding steroid dienone is 1. The maximum atomic E-state index is 12.7. The first kappa shape index (κ1) is 23.5. The molecular weight excluding hydrogens is 428 g/mol. The fourth-order valence-corrected chi connectivity index (χ4v) is 3.57. The van der Waals surface area contributed by atoms with Crippen molar-refractivity contribution in [3.8, 4) is 0 Å². The summed E-state index contributed by atoms with van der Waals surface area (Å²) < 4.78 is 5.57. The minimum Gasteiger partial charge on any atom is -0.457 e. The summed E-state index contributed by atoms with van der Waals surface area (Å²) in [5, 5.41) is 6.45. The van der Waals surface area contributed by atoms with Crippen molar-refractivity contribution in [3.05, 3.63) is 82.9 Å². The second-order valence-electron chi connectivity index (χ2n) is 7.71. The lowest BCUT2D eigenvalue weighted by molar-refractivity contribution is -0.150. The smallest absolute Gasteiger partial charge is 0.306 e. The number of carbonyl (C=O) groups is 3. The monoisotopic (exact) mass is 454 g/mol. The number of ether oxygens (including phenoxy) is 1. The highest BCUT2D eigenvalue weighted by Gasteiger charge is 2.23. The van der Waals surface area contributed by atoms with Gasteiger partial charge in [0, 0.05) is 30.5 Å². The first-order valence-electron chi connectivity index (χ1n) is 10.7. The number of halogens is 1. The first-order valence-corrected chi connectivity index (χ1v) is 11.1. The zero-order chi connectivity index (χ0) is 22.8. The Morgan fingerprint density at radius 1 is 1.06 bits per heavy atom. The number of hydrogen-bond acceptors (Lipinski definition) is 4. The van der Waals surface area contributed by atoms with E-state index in [9.17, 15) is 14.4 Å². The summed E-state index contributed by atoms with van der Waals surface area (Å²) in [4.78, 5) is 37.4. The van der Waals surface area contributed by atoms with Gasteiger partial charge in [-0.3, -0.25) is 14.4 Å². The number of nitrogens with one attached hydrogen (secondary N) is 2. The molecule has 0 unspecified atom stereocenters. The molecule has 1 aliphatic rings. The van der Waals surface area contributed by atoms with E-state index in [2.05, 4.69) is 10.6 Å². The molecule has 2 amide bonds. The van der Waals surface area contributed by atoms with Crippen LogP contribution in [0.4, 0.5) is 0 Å². The van der Waals surface area contributed by atoms with Crippen LogP contribution in [0.15, 0.2) is 66.7 Å². The van der Waals surface area contributed by atoms with Gasteiger partial charge in [-0.25, -0.2) is 0 Å². The molecule has 2 aromatic rings. The van der Waals surface area contributed by atoms with E-state index in [0.717, 1.165) is 11.1 Å². The molecule has 0 bridgehead atoms. The summed E-state index contributed by atoms with van der Waals surface area (Å²) in [6.45, 7) is 0.387. The van der Waals surface area contributed by atoms with Crippen LogP contribution in [0.3, 0.4) is 0 Å². The molecule has 2 aromatic carbocycles. The Balaban J connectivity index is 1.62. The van der Waals surface area contributed by atoms with Crippen molar-refractivity contribution in [1.82, 2.24) is 10.6 Å². The van der Waals surface area contributed by atoms with Crippen LogP contribution in [0.2, 0.25) is 5.02 Å². The number of cyclic esters (lactones) is 1. The molecule has 2 atom stereocenters. The molecule has 1 aliphatic heterocycles. The van der Waals surface area contributed by atoms with Crippen LogP contribution in [-0.4, -0.2) is 23.8 Å². The summed E-state index contributed by atoms with van der Waals surface area (Å²) in [5.41, 5.74) is 1.71. The van der Waals surface area contributed by atoms with Gasteiger partial charge < -0.3 is 15.4 Å². The van der Waals surface area contributed by atoms with Crippen LogP contribution in [0.25, 0.3) is 0 Å². The molecule has 0 saturated carbocycles. The molecule has 0 radical (unpaired) electrons. The van der Waals surface area contributed by atoms with Crippen molar-refractivity contribution >= 4 is 29.4 Å². The third-order valence-electron chi connectivity index (χ3n) is 5.12. The van der Waals surface area contributed by atoms with E-state index in [1.807, 2.05) is 54.6 Å². The number of rotatable bonds is 5. The lowest BCUT2D eigenvalue weighted by Crippen LogP contribution is -2.39. The number of esters is 1. The zero-order valence-corrected chi connectivity index (χ0v) is 18.5. The van der Waals surface area contributed by atoms with Gasteiger partial charge in [-0.05, 0) is 36.1 Å². The quantitative estimate of drug-likeness (QED) is 0.522. The van der Waals surface area contributed by atoms with Gasteiger partial charge in [-0.15, -0.1) is 0 Å². The van der Waals surface area contributed by atoms with Gasteiger partial charge in [0.15, 0.2) is 0 Å². The lowest BCUT2D eigenvalue weighted by atomic mass is 10.0. The second-order valence-corrected chi connectivity index (χ2v) is 8.15. The number of hydrogen-bond donors (Lipinski definition) is 2. The molecule has 0 saturated heterocycles. The fourth-order valence-electron chi connectivity index (χ4n) is 3.44. The largest absolute Gasteiger partial charge is 0.457 e. The number of carbonyl (C=O) groups excluding carboxylic acids is 3. The Hall–Kier alpha value is -3.12. The Kier molecular flexibility index (Phi) is 8.87. The molecular formula is C25H27ClN2O4. The molecule has 0 fully saturated rings. The molecule has 168 valence electrons. The van der Waals surface area contributed by atoms with E-state index in [1.54, 1.807) is 12.1 Å². The standard InChI is InChI=1S/C25H27ClN2O4/c26-20-13-11-18(12-14-20)17-27-23(29)15-21-9-5-2-6-10-25(31)32-22(16-24(30)28-21)19-7-3-1-4-8-19/h1-5,7-8,11-14,21-22H,6,9-10,15-17H2,(H,27,29)(H,28,30)/b5-2+/t21-,22-/m0/s1. The molecule has 0 aromatic heterocycles. The molecule has 1 heterocycles. The van der Waals surface area contributed by atoms with Crippen LogP contribution in [-0.2, 0) is 25.7 Å². The van der Waals surface area contributed by atoms with Crippen molar-refractivity contribution in [2.45, 2.75) is 50.8 Å². The lowest BCUT2D eigenvalue weighted by Gasteiger charge is -2.22. The van der Waals surface area contributed by atoms with Gasteiger partial charge in [-0.2, -0.15) is 0 Å². The molecule has 2 N–H and O–H groups in total. The Labute approximate surface area is 193 Å². The average Bonchev–Trinajstić information content (AvgIpc) is 2.77. The van der Waals surface area contributed by atoms with Crippen LogP contribution in [0.5, 0.6) is 0 Å². The maximum Gasteiger partial charge on any atom is 0.306 e. The van der Waals surface area contributed by atoms with Crippen LogP contribution in [0.1, 0.15) is 49.3 Å². The minimum absolute atomic E-state index is 0.00234. The number of benzene rings is 2. The van der Waals surface area contributed by atoms with Crippen LogP contribution in [0, 0.1) is 0 Å². The van der Waals surface area contributed by atoms with E-state index in [1.165, 1.54) is 0 Å². The van der Waals surface area contributed by atoms with E-state index in [-0.39, 0.29) is 43.1 Å². The zero-order valence-electron chi connectivity index (χ0n) is 17.8. The van der Waals surface area contributed by atoms with E-state index < -0.39 is 6.10 Å². The van der Waals surface area contributed by atoms with Gasteiger partial charge in [0.1, 0.15) is 6.10 Å². The fraction of sp³-hybridized carbons (Fsp3) is 0.320. The van der Waals surface area contributed by atoms with Gasteiger partial charge in [0.25, 0.3) is 0 Å².